The quantitative estimate of drug-likeness (QED) is 0.254. The minimum absolute atomic E-state index is 0.0311. The lowest BCUT2D eigenvalue weighted by Gasteiger charge is -2.16. The maximum absolute atomic E-state index is 13.3. The van der Waals surface area contributed by atoms with Crippen LogP contribution in [0.15, 0.2) is 71.6 Å². The molecule has 1 atom stereocenters. The average Bonchev–Trinajstić information content (AvgIpc) is 2.85. The van der Waals surface area contributed by atoms with Crippen LogP contribution in [0.1, 0.15) is 6.92 Å². The van der Waals surface area contributed by atoms with Crippen LogP contribution in [0.2, 0.25) is 5.02 Å². The van der Waals surface area contributed by atoms with E-state index >= 15 is 0 Å². The standard InChI is InChI=1S/C24H23ClN6O4S/c1-14(22(26)32)27-15-6-5-7-17(12-15)36(33,34)31-24-23(28-19-8-3-4-9-20(19)29-24)30-21-13-16(35-2)10-11-18(21)25/h3-14,27H,1-2H3,(H2,26,32)(H,28,30)(H,29,31)/t14-/m1/s1. The maximum Gasteiger partial charge on any atom is 0.263 e. The highest BCUT2D eigenvalue weighted by Crippen LogP contribution is 2.33. The molecule has 0 spiro atoms. The van der Waals surface area contributed by atoms with Gasteiger partial charge in [-0.3, -0.25) is 9.52 Å². The number of carbonyl (C=O) groups is 1. The molecular formula is C24H23ClN6O4S. The van der Waals surface area contributed by atoms with Gasteiger partial charge in [-0.15, -0.1) is 0 Å². The summed E-state index contributed by atoms with van der Waals surface area (Å²) < 4.78 is 34.4. The van der Waals surface area contributed by atoms with Crippen molar-refractivity contribution in [3.8, 4) is 5.75 Å². The number of carbonyl (C=O) groups excluding carboxylic acids is 1. The number of hydrogen-bond donors (Lipinski definition) is 4. The second-order valence-electron chi connectivity index (χ2n) is 7.78. The van der Waals surface area contributed by atoms with Crippen molar-refractivity contribution in [2.75, 3.05) is 22.5 Å². The minimum Gasteiger partial charge on any atom is -0.497 e. The average molecular weight is 527 g/mol. The van der Waals surface area contributed by atoms with Crippen molar-refractivity contribution < 1.29 is 17.9 Å². The summed E-state index contributed by atoms with van der Waals surface area (Å²) in [5.74, 6) is 0.0903. The molecule has 3 aromatic carbocycles. The Morgan fingerprint density at radius 2 is 1.69 bits per heavy atom. The zero-order valence-electron chi connectivity index (χ0n) is 19.3. The van der Waals surface area contributed by atoms with Gasteiger partial charge in [0.1, 0.15) is 11.8 Å². The number of para-hydroxylation sites is 2. The van der Waals surface area contributed by atoms with Gasteiger partial charge in [0.15, 0.2) is 11.6 Å². The summed E-state index contributed by atoms with van der Waals surface area (Å²) in [5, 5.41) is 6.30. The molecule has 12 heteroatoms. The molecule has 5 N–H and O–H groups in total. The molecule has 0 radical (unpaired) electrons. The fourth-order valence-electron chi connectivity index (χ4n) is 3.27. The first-order valence-electron chi connectivity index (χ1n) is 10.7. The highest BCUT2D eigenvalue weighted by atomic mass is 35.5. The van der Waals surface area contributed by atoms with Crippen LogP contribution < -0.4 is 25.8 Å². The van der Waals surface area contributed by atoms with Crippen LogP contribution in [0.25, 0.3) is 11.0 Å². The number of methoxy groups -OCH3 is 1. The zero-order chi connectivity index (χ0) is 25.9. The van der Waals surface area contributed by atoms with E-state index in [1.54, 1.807) is 61.5 Å². The number of ether oxygens (including phenoxy) is 1. The van der Waals surface area contributed by atoms with Crippen LogP contribution >= 0.6 is 11.6 Å². The van der Waals surface area contributed by atoms with E-state index in [1.165, 1.54) is 19.2 Å². The molecule has 0 saturated heterocycles. The van der Waals surface area contributed by atoms with Crippen LogP contribution in [0.4, 0.5) is 23.0 Å². The van der Waals surface area contributed by atoms with Crippen LogP contribution in [0, 0.1) is 0 Å². The topological polar surface area (TPSA) is 148 Å². The Hall–Kier alpha value is -4.09. The van der Waals surface area contributed by atoms with Gasteiger partial charge in [-0.2, -0.15) is 0 Å². The van der Waals surface area contributed by atoms with Crippen molar-refractivity contribution in [3.05, 3.63) is 71.8 Å². The molecule has 186 valence electrons. The summed E-state index contributed by atoms with van der Waals surface area (Å²) in [4.78, 5) is 20.4. The van der Waals surface area contributed by atoms with Crippen LogP contribution in [-0.4, -0.2) is 37.4 Å². The van der Waals surface area contributed by atoms with Crippen molar-refractivity contribution >= 4 is 61.6 Å². The van der Waals surface area contributed by atoms with Gasteiger partial charge in [-0.05, 0) is 49.4 Å². The number of primary amides is 1. The SMILES string of the molecule is COc1ccc(Cl)c(Nc2nc3ccccc3nc2NS(=O)(=O)c2cccc(N[C@H](C)C(N)=O)c2)c1. The summed E-state index contributed by atoms with van der Waals surface area (Å²) in [5.41, 5.74) is 7.20. The molecule has 1 amide bonds. The van der Waals surface area contributed by atoms with E-state index < -0.39 is 22.0 Å². The van der Waals surface area contributed by atoms with E-state index in [-0.39, 0.29) is 16.5 Å². The monoisotopic (exact) mass is 526 g/mol. The van der Waals surface area contributed by atoms with Gasteiger partial charge in [0.2, 0.25) is 5.91 Å². The van der Waals surface area contributed by atoms with Crippen molar-refractivity contribution in [2.24, 2.45) is 5.73 Å². The fourth-order valence-corrected chi connectivity index (χ4v) is 4.49. The predicted octanol–water partition coefficient (Wildman–Crippen LogP) is 4.12. The molecule has 0 bridgehead atoms. The molecule has 10 nitrogen and oxygen atoms in total. The van der Waals surface area contributed by atoms with E-state index in [9.17, 15) is 13.2 Å². The number of halogens is 1. The van der Waals surface area contributed by atoms with E-state index in [0.29, 0.717) is 33.2 Å². The van der Waals surface area contributed by atoms with Crippen molar-refractivity contribution in [1.29, 1.82) is 0 Å². The Morgan fingerprint density at radius 1 is 1.00 bits per heavy atom. The van der Waals surface area contributed by atoms with Gasteiger partial charge in [-0.1, -0.05) is 29.8 Å². The predicted molar refractivity (Wildman–Crippen MR) is 140 cm³/mol. The lowest BCUT2D eigenvalue weighted by molar-refractivity contribution is -0.118. The highest BCUT2D eigenvalue weighted by Gasteiger charge is 2.20. The number of rotatable bonds is 9. The van der Waals surface area contributed by atoms with E-state index in [1.807, 2.05) is 0 Å². The molecular weight excluding hydrogens is 504 g/mol. The Bertz CT molecular complexity index is 1550. The number of aromatic nitrogens is 2. The normalized spacial score (nSPS) is 12.1. The fraction of sp³-hybridized carbons (Fsp3) is 0.125. The molecule has 4 aromatic rings. The number of anilines is 4. The molecule has 0 saturated carbocycles. The number of benzene rings is 3. The van der Waals surface area contributed by atoms with Crippen molar-refractivity contribution in [2.45, 2.75) is 17.9 Å². The molecule has 1 aromatic heterocycles. The first kappa shape index (κ1) is 25.0. The molecule has 0 fully saturated rings. The molecule has 36 heavy (non-hydrogen) atoms. The number of fused-ring (bicyclic) bond motifs is 1. The van der Waals surface area contributed by atoms with Gasteiger partial charge in [0.05, 0.1) is 33.7 Å². The van der Waals surface area contributed by atoms with Gasteiger partial charge >= 0.3 is 0 Å². The number of hydrogen-bond acceptors (Lipinski definition) is 8. The van der Waals surface area contributed by atoms with Crippen molar-refractivity contribution in [3.63, 3.8) is 0 Å². The third-order valence-electron chi connectivity index (χ3n) is 5.18. The van der Waals surface area contributed by atoms with Gasteiger partial charge in [0.25, 0.3) is 10.0 Å². The van der Waals surface area contributed by atoms with Crippen LogP contribution in [0.3, 0.4) is 0 Å². The summed E-state index contributed by atoms with van der Waals surface area (Å²) >= 11 is 6.34. The van der Waals surface area contributed by atoms with Crippen molar-refractivity contribution in [1.82, 2.24) is 9.97 Å². The smallest absolute Gasteiger partial charge is 0.263 e. The second-order valence-corrected chi connectivity index (χ2v) is 9.87. The number of nitrogens with zero attached hydrogens (tertiary/aromatic N) is 2. The summed E-state index contributed by atoms with van der Waals surface area (Å²) in [6, 6.07) is 17.4. The third-order valence-corrected chi connectivity index (χ3v) is 6.85. The first-order chi connectivity index (χ1) is 17.2. The molecule has 0 aliphatic rings. The molecule has 0 unspecified atom stereocenters. The molecule has 4 rings (SSSR count). The number of sulfonamides is 1. The Kier molecular flexibility index (Phi) is 7.13. The first-order valence-corrected chi connectivity index (χ1v) is 12.6. The number of amides is 1. The van der Waals surface area contributed by atoms with Crippen LogP contribution in [0.5, 0.6) is 5.75 Å². The van der Waals surface area contributed by atoms with E-state index in [4.69, 9.17) is 22.1 Å². The van der Waals surface area contributed by atoms with Gasteiger partial charge in [0, 0.05) is 11.8 Å². The minimum atomic E-state index is -4.10. The molecule has 1 heterocycles. The summed E-state index contributed by atoms with van der Waals surface area (Å²) in [6.07, 6.45) is 0. The third kappa shape index (κ3) is 5.58. The van der Waals surface area contributed by atoms with Gasteiger partial charge < -0.3 is 21.1 Å². The van der Waals surface area contributed by atoms with Crippen LogP contribution in [-0.2, 0) is 14.8 Å². The Balaban J connectivity index is 1.73. The Morgan fingerprint density at radius 3 is 2.36 bits per heavy atom. The van der Waals surface area contributed by atoms with E-state index in [2.05, 4.69) is 25.3 Å². The second kappa shape index (κ2) is 10.3. The maximum atomic E-state index is 13.3. The lowest BCUT2D eigenvalue weighted by Crippen LogP contribution is -2.32. The summed E-state index contributed by atoms with van der Waals surface area (Å²) in [7, 11) is -2.58. The number of nitrogens with one attached hydrogen (secondary N) is 3. The van der Waals surface area contributed by atoms with Gasteiger partial charge in [-0.25, -0.2) is 18.4 Å². The highest BCUT2D eigenvalue weighted by molar-refractivity contribution is 7.92. The largest absolute Gasteiger partial charge is 0.497 e. The molecule has 0 aliphatic heterocycles. The summed E-state index contributed by atoms with van der Waals surface area (Å²) in [6.45, 7) is 1.58. The van der Waals surface area contributed by atoms with E-state index in [0.717, 1.165) is 0 Å². The molecule has 0 aliphatic carbocycles. The zero-order valence-corrected chi connectivity index (χ0v) is 20.9. The lowest BCUT2D eigenvalue weighted by atomic mass is 10.2. The number of nitrogens with two attached hydrogens (primary N) is 1. The Labute approximate surface area is 212 Å².